The number of carbonyl (C=O) groups is 1. The quantitative estimate of drug-likeness (QED) is 0.790. The number of ether oxygens (including phenoxy) is 1. The first-order chi connectivity index (χ1) is 9.54. The summed E-state index contributed by atoms with van der Waals surface area (Å²) in [6, 6.07) is 9.74. The van der Waals surface area contributed by atoms with Crippen LogP contribution in [-0.2, 0) is 15.1 Å². The molecule has 0 aliphatic carbocycles. The van der Waals surface area contributed by atoms with Gasteiger partial charge in [0.2, 0.25) is 5.91 Å². The Kier molecular flexibility index (Phi) is 4.75. The third-order valence-corrected chi connectivity index (χ3v) is 4.12. The molecule has 1 aliphatic heterocycles. The molecule has 2 rings (SSSR count). The van der Waals surface area contributed by atoms with Crippen LogP contribution >= 0.6 is 0 Å². The molecule has 1 fully saturated rings. The van der Waals surface area contributed by atoms with E-state index in [1.54, 1.807) is 0 Å². The van der Waals surface area contributed by atoms with Crippen LogP contribution in [0.25, 0.3) is 0 Å². The molecular weight excluding hydrogens is 254 g/mol. The van der Waals surface area contributed by atoms with Crippen molar-refractivity contribution in [2.75, 3.05) is 26.8 Å². The molecule has 0 radical (unpaired) electrons. The minimum Gasteiger partial charge on any atom is -0.380 e. The minimum atomic E-state index is -1.12. The van der Waals surface area contributed by atoms with Crippen LogP contribution in [0.4, 0.5) is 0 Å². The SMILES string of the molecule is CN(CCC(N)(C(N)=O)c1ccccc1)C1CCOC1. The van der Waals surface area contributed by atoms with Gasteiger partial charge < -0.3 is 21.1 Å². The van der Waals surface area contributed by atoms with Gasteiger partial charge in [-0.2, -0.15) is 0 Å². The molecule has 2 unspecified atom stereocenters. The Bertz CT molecular complexity index is 446. The van der Waals surface area contributed by atoms with Crippen LogP contribution in [0.1, 0.15) is 18.4 Å². The largest absolute Gasteiger partial charge is 0.380 e. The van der Waals surface area contributed by atoms with Crippen molar-refractivity contribution in [2.45, 2.75) is 24.4 Å². The van der Waals surface area contributed by atoms with Crippen molar-refractivity contribution in [3.8, 4) is 0 Å². The summed E-state index contributed by atoms with van der Waals surface area (Å²) in [6.07, 6.45) is 1.52. The third kappa shape index (κ3) is 3.17. The second-order valence-electron chi connectivity index (χ2n) is 5.45. The second kappa shape index (κ2) is 6.35. The first-order valence-electron chi connectivity index (χ1n) is 6.96. The van der Waals surface area contributed by atoms with E-state index in [-0.39, 0.29) is 0 Å². The van der Waals surface area contributed by atoms with Gasteiger partial charge in [0.05, 0.1) is 6.61 Å². The van der Waals surface area contributed by atoms with Crippen LogP contribution in [0.5, 0.6) is 0 Å². The smallest absolute Gasteiger partial charge is 0.242 e. The zero-order valence-corrected chi connectivity index (χ0v) is 11.9. The number of carbonyl (C=O) groups excluding carboxylic acids is 1. The molecule has 5 nitrogen and oxygen atoms in total. The minimum absolute atomic E-state index is 0.405. The number of benzene rings is 1. The summed E-state index contributed by atoms with van der Waals surface area (Å²) in [4.78, 5) is 14.0. The van der Waals surface area contributed by atoms with Crippen molar-refractivity contribution in [3.63, 3.8) is 0 Å². The Balaban J connectivity index is 2.04. The van der Waals surface area contributed by atoms with Crippen molar-refractivity contribution < 1.29 is 9.53 Å². The van der Waals surface area contributed by atoms with Gasteiger partial charge in [-0.3, -0.25) is 4.79 Å². The van der Waals surface area contributed by atoms with Crippen molar-refractivity contribution in [2.24, 2.45) is 11.5 Å². The molecule has 5 heteroatoms. The Morgan fingerprint density at radius 2 is 2.15 bits per heavy atom. The lowest BCUT2D eigenvalue weighted by molar-refractivity contribution is -0.123. The number of hydrogen-bond acceptors (Lipinski definition) is 4. The fourth-order valence-electron chi connectivity index (χ4n) is 2.55. The zero-order valence-electron chi connectivity index (χ0n) is 11.9. The van der Waals surface area contributed by atoms with E-state index in [2.05, 4.69) is 4.90 Å². The summed E-state index contributed by atoms with van der Waals surface area (Å²) in [6.45, 7) is 2.26. The summed E-state index contributed by atoms with van der Waals surface area (Å²) in [5.41, 5.74) is 11.5. The fraction of sp³-hybridized carbons (Fsp3) is 0.533. The van der Waals surface area contributed by atoms with E-state index >= 15 is 0 Å². The molecule has 1 aliphatic rings. The van der Waals surface area contributed by atoms with E-state index in [1.165, 1.54) is 0 Å². The van der Waals surface area contributed by atoms with Gasteiger partial charge in [0, 0.05) is 19.2 Å². The first kappa shape index (κ1) is 15.0. The van der Waals surface area contributed by atoms with Crippen LogP contribution in [0.3, 0.4) is 0 Å². The van der Waals surface area contributed by atoms with E-state index in [0.29, 0.717) is 19.0 Å². The van der Waals surface area contributed by atoms with Crippen LogP contribution in [0.2, 0.25) is 0 Å². The lowest BCUT2D eigenvalue weighted by atomic mass is 9.86. The highest BCUT2D eigenvalue weighted by Gasteiger charge is 2.34. The topological polar surface area (TPSA) is 81.6 Å². The molecule has 20 heavy (non-hydrogen) atoms. The van der Waals surface area contributed by atoms with Gasteiger partial charge in [-0.15, -0.1) is 0 Å². The Labute approximate surface area is 119 Å². The van der Waals surface area contributed by atoms with E-state index in [9.17, 15) is 4.79 Å². The fourth-order valence-corrected chi connectivity index (χ4v) is 2.55. The summed E-state index contributed by atoms with van der Waals surface area (Å²) in [7, 11) is 2.03. The molecule has 0 saturated carbocycles. The molecule has 2 atom stereocenters. The molecular formula is C15H23N3O2. The summed E-state index contributed by atoms with van der Waals surface area (Å²) < 4.78 is 5.38. The molecule has 0 aromatic heterocycles. The molecule has 1 aromatic carbocycles. The molecule has 0 spiro atoms. The van der Waals surface area contributed by atoms with Gasteiger partial charge in [0.25, 0.3) is 0 Å². The summed E-state index contributed by atoms with van der Waals surface area (Å²) in [5, 5.41) is 0. The highest BCUT2D eigenvalue weighted by Crippen LogP contribution is 2.23. The molecule has 1 saturated heterocycles. The molecule has 1 aromatic rings. The maximum absolute atomic E-state index is 11.8. The number of hydrogen-bond donors (Lipinski definition) is 2. The van der Waals surface area contributed by atoms with E-state index < -0.39 is 11.4 Å². The number of likely N-dealkylation sites (N-methyl/N-ethyl adjacent to an activating group) is 1. The number of nitrogens with two attached hydrogens (primary N) is 2. The van der Waals surface area contributed by atoms with Gasteiger partial charge in [-0.1, -0.05) is 30.3 Å². The van der Waals surface area contributed by atoms with Gasteiger partial charge in [-0.05, 0) is 25.5 Å². The second-order valence-corrected chi connectivity index (χ2v) is 5.45. The number of nitrogens with zero attached hydrogens (tertiary/aromatic N) is 1. The first-order valence-corrected chi connectivity index (χ1v) is 6.96. The highest BCUT2D eigenvalue weighted by atomic mass is 16.5. The molecule has 0 bridgehead atoms. The standard InChI is InChI=1S/C15H23N3O2/c1-18(13-7-10-20-11-13)9-8-15(17,14(16)19)12-5-3-2-4-6-12/h2-6,13H,7-11,17H2,1H3,(H2,16,19). The van der Waals surface area contributed by atoms with Crippen molar-refractivity contribution >= 4 is 5.91 Å². The molecule has 1 heterocycles. The Morgan fingerprint density at radius 1 is 1.45 bits per heavy atom. The monoisotopic (exact) mass is 277 g/mol. The summed E-state index contributed by atoms with van der Waals surface area (Å²) in [5.74, 6) is -0.486. The molecule has 110 valence electrons. The Hall–Kier alpha value is -1.43. The molecule has 1 amide bonds. The Morgan fingerprint density at radius 3 is 2.70 bits per heavy atom. The zero-order chi connectivity index (χ0) is 14.6. The van der Waals surface area contributed by atoms with Gasteiger partial charge >= 0.3 is 0 Å². The van der Waals surface area contributed by atoms with E-state index in [4.69, 9.17) is 16.2 Å². The molecule has 4 N–H and O–H groups in total. The van der Waals surface area contributed by atoms with Crippen molar-refractivity contribution in [1.29, 1.82) is 0 Å². The maximum Gasteiger partial charge on any atom is 0.242 e. The average Bonchev–Trinajstić information content (AvgIpc) is 2.99. The normalized spacial score (nSPS) is 21.9. The van der Waals surface area contributed by atoms with E-state index in [1.807, 2.05) is 37.4 Å². The van der Waals surface area contributed by atoms with Crippen molar-refractivity contribution in [3.05, 3.63) is 35.9 Å². The van der Waals surface area contributed by atoms with Gasteiger partial charge in [-0.25, -0.2) is 0 Å². The van der Waals surface area contributed by atoms with E-state index in [0.717, 1.165) is 25.2 Å². The van der Waals surface area contributed by atoms with Crippen molar-refractivity contribution in [1.82, 2.24) is 4.90 Å². The predicted octanol–water partition coefficient (Wildman–Crippen LogP) is 0.437. The number of amides is 1. The summed E-state index contributed by atoms with van der Waals surface area (Å²) >= 11 is 0. The predicted molar refractivity (Wildman–Crippen MR) is 78.0 cm³/mol. The lowest BCUT2D eigenvalue weighted by Crippen LogP contribution is -2.51. The lowest BCUT2D eigenvalue weighted by Gasteiger charge is -2.30. The highest BCUT2D eigenvalue weighted by molar-refractivity contribution is 5.85. The number of primary amides is 1. The van der Waals surface area contributed by atoms with Gasteiger partial charge in [0.15, 0.2) is 0 Å². The van der Waals surface area contributed by atoms with Gasteiger partial charge in [0.1, 0.15) is 5.54 Å². The van der Waals surface area contributed by atoms with Crippen LogP contribution in [0, 0.1) is 0 Å². The number of rotatable bonds is 6. The average molecular weight is 277 g/mol. The van der Waals surface area contributed by atoms with Crippen LogP contribution < -0.4 is 11.5 Å². The maximum atomic E-state index is 11.8. The third-order valence-electron chi connectivity index (χ3n) is 4.12. The van der Waals surface area contributed by atoms with Crippen LogP contribution in [-0.4, -0.2) is 43.7 Å². The van der Waals surface area contributed by atoms with Crippen LogP contribution in [0.15, 0.2) is 30.3 Å².